The number of anilines is 1. The summed E-state index contributed by atoms with van der Waals surface area (Å²) in [6, 6.07) is -0.483. The third kappa shape index (κ3) is 3.56. The molecule has 25 heavy (non-hydrogen) atoms. The van der Waals surface area contributed by atoms with Crippen LogP contribution in [0, 0.1) is 0 Å². The van der Waals surface area contributed by atoms with Gasteiger partial charge in [0.15, 0.2) is 9.84 Å². The molecule has 1 saturated carbocycles. The van der Waals surface area contributed by atoms with Gasteiger partial charge in [-0.1, -0.05) is 11.3 Å². The Kier molecular flexibility index (Phi) is 4.07. The van der Waals surface area contributed by atoms with E-state index in [2.05, 4.69) is 20.6 Å². The molecule has 3 heterocycles. The Labute approximate surface area is 148 Å². The van der Waals surface area contributed by atoms with Gasteiger partial charge in [0.2, 0.25) is 11.0 Å². The van der Waals surface area contributed by atoms with Gasteiger partial charge < -0.3 is 0 Å². The largest absolute Gasteiger partial charge is 0.295 e. The molecule has 0 bridgehead atoms. The number of rotatable bonds is 4. The molecule has 0 aromatic carbocycles. The molecule has 1 aromatic heterocycles. The lowest BCUT2D eigenvalue weighted by atomic mass is 10.1. The lowest BCUT2D eigenvalue weighted by Gasteiger charge is -2.27. The first-order chi connectivity index (χ1) is 11.9. The number of carbonyl (C=O) groups is 2. The number of aromatic nitrogens is 2. The van der Waals surface area contributed by atoms with Gasteiger partial charge in [0.25, 0.3) is 5.91 Å². The maximum Gasteiger partial charge on any atom is 0.273 e. The van der Waals surface area contributed by atoms with Crippen molar-refractivity contribution in [2.75, 3.05) is 16.8 Å². The van der Waals surface area contributed by atoms with Gasteiger partial charge in [-0.2, -0.15) is 5.10 Å². The number of nitrogens with zero attached hydrogens (tertiary/aromatic N) is 4. The Hall–Kier alpha value is -1.88. The van der Waals surface area contributed by atoms with Crippen LogP contribution in [0.2, 0.25) is 0 Å². The highest BCUT2D eigenvalue weighted by atomic mass is 32.2. The number of sulfone groups is 1. The van der Waals surface area contributed by atoms with Crippen LogP contribution in [0.15, 0.2) is 5.10 Å². The zero-order chi connectivity index (χ0) is 17.6. The summed E-state index contributed by atoms with van der Waals surface area (Å²) in [5.41, 5.74) is 0.215. The fraction of sp³-hybridized carbons (Fsp3) is 0.643. The van der Waals surface area contributed by atoms with Crippen molar-refractivity contribution >= 4 is 43.8 Å². The number of carbonyl (C=O) groups excluding carboxylic acids is 2. The zero-order valence-corrected chi connectivity index (χ0v) is 15.0. The molecule has 3 aliphatic rings. The van der Waals surface area contributed by atoms with Crippen molar-refractivity contribution in [3.63, 3.8) is 0 Å². The van der Waals surface area contributed by atoms with Gasteiger partial charge >= 0.3 is 0 Å². The van der Waals surface area contributed by atoms with Gasteiger partial charge in [-0.25, -0.2) is 13.4 Å². The average Bonchev–Trinajstić information content (AvgIpc) is 3.21. The molecule has 1 atom stereocenters. The van der Waals surface area contributed by atoms with Gasteiger partial charge in [-0.05, 0) is 19.3 Å². The van der Waals surface area contributed by atoms with Crippen LogP contribution in [0.4, 0.5) is 5.13 Å². The third-order valence-corrected chi connectivity index (χ3v) is 7.22. The Morgan fingerprint density at radius 2 is 2.00 bits per heavy atom. The van der Waals surface area contributed by atoms with Crippen LogP contribution in [0.5, 0.6) is 0 Å². The second-order valence-electron chi connectivity index (χ2n) is 6.52. The first-order valence-corrected chi connectivity index (χ1v) is 10.8. The van der Waals surface area contributed by atoms with Crippen LogP contribution < -0.4 is 5.32 Å². The Balaban J connectivity index is 1.47. The molecule has 4 rings (SSSR count). The standard InChI is InChI=1S/C14H17N5O4S2/c20-11-4-3-10(18-19(11)9-5-6-25(22,23)7-9)12(21)15-14-17-16-13(24-14)8-1-2-8/h8-9H,1-7H2,(H,15,17,21)/t9-/m0/s1. The average molecular weight is 383 g/mol. The number of hydrazone groups is 1. The van der Waals surface area contributed by atoms with E-state index >= 15 is 0 Å². The molecule has 11 heteroatoms. The summed E-state index contributed by atoms with van der Waals surface area (Å²) in [5.74, 6) is -0.249. The summed E-state index contributed by atoms with van der Waals surface area (Å²) in [6.07, 6.45) is 2.95. The molecule has 0 unspecified atom stereocenters. The first kappa shape index (κ1) is 16.6. The summed E-state index contributed by atoms with van der Waals surface area (Å²) < 4.78 is 23.3. The highest BCUT2D eigenvalue weighted by Crippen LogP contribution is 2.42. The summed E-state index contributed by atoms with van der Waals surface area (Å²) in [5, 5.41) is 17.4. The molecular formula is C14H17N5O4S2. The van der Waals surface area contributed by atoms with E-state index in [9.17, 15) is 18.0 Å². The Bertz CT molecular complexity index is 858. The molecular weight excluding hydrogens is 366 g/mol. The fourth-order valence-electron chi connectivity index (χ4n) is 2.94. The minimum absolute atomic E-state index is 0.0488. The van der Waals surface area contributed by atoms with Gasteiger partial charge in [0, 0.05) is 18.8 Å². The highest BCUT2D eigenvalue weighted by molar-refractivity contribution is 7.91. The SMILES string of the molecule is O=C(Nc1nnc(C2CC2)s1)C1=NN([C@H]2CCS(=O)(=O)C2)C(=O)CC1. The van der Waals surface area contributed by atoms with Gasteiger partial charge in [0.05, 0.1) is 17.5 Å². The Morgan fingerprint density at radius 3 is 2.68 bits per heavy atom. The van der Waals surface area contributed by atoms with Crippen molar-refractivity contribution in [2.45, 2.75) is 44.1 Å². The van der Waals surface area contributed by atoms with Gasteiger partial charge in [-0.3, -0.25) is 14.9 Å². The second-order valence-corrected chi connectivity index (χ2v) is 9.75. The van der Waals surface area contributed by atoms with Crippen molar-refractivity contribution in [2.24, 2.45) is 5.10 Å². The molecule has 0 spiro atoms. The molecule has 1 saturated heterocycles. The third-order valence-electron chi connectivity index (χ3n) is 4.46. The number of hydrogen-bond donors (Lipinski definition) is 1. The predicted molar refractivity (Wildman–Crippen MR) is 91.1 cm³/mol. The minimum atomic E-state index is -3.13. The van der Waals surface area contributed by atoms with E-state index in [0.717, 1.165) is 17.8 Å². The van der Waals surface area contributed by atoms with Gasteiger partial charge in [-0.15, -0.1) is 10.2 Å². The maximum absolute atomic E-state index is 12.4. The van der Waals surface area contributed by atoms with E-state index in [0.29, 0.717) is 17.5 Å². The fourth-order valence-corrected chi connectivity index (χ4v) is 5.54. The number of amides is 2. The molecule has 0 radical (unpaired) electrons. The molecule has 2 amide bonds. The van der Waals surface area contributed by atoms with Crippen LogP contribution in [-0.2, 0) is 19.4 Å². The number of nitrogens with one attached hydrogen (secondary N) is 1. The lowest BCUT2D eigenvalue weighted by molar-refractivity contribution is -0.133. The Morgan fingerprint density at radius 1 is 1.20 bits per heavy atom. The summed E-state index contributed by atoms with van der Waals surface area (Å²) in [7, 11) is -3.13. The molecule has 1 aliphatic carbocycles. The van der Waals surface area contributed by atoms with Crippen molar-refractivity contribution in [1.29, 1.82) is 0 Å². The van der Waals surface area contributed by atoms with Crippen LogP contribution in [0.25, 0.3) is 0 Å². The van der Waals surface area contributed by atoms with Crippen molar-refractivity contribution < 1.29 is 18.0 Å². The normalized spacial score (nSPS) is 25.8. The van der Waals surface area contributed by atoms with E-state index in [-0.39, 0.29) is 36.0 Å². The first-order valence-electron chi connectivity index (χ1n) is 8.16. The lowest BCUT2D eigenvalue weighted by Crippen LogP contribution is -2.42. The van der Waals surface area contributed by atoms with Crippen molar-refractivity contribution in [3.8, 4) is 0 Å². The topological polar surface area (TPSA) is 122 Å². The minimum Gasteiger partial charge on any atom is -0.295 e. The maximum atomic E-state index is 12.4. The predicted octanol–water partition coefficient (Wildman–Crippen LogP) is 0.519. The molecule has 1 aromatic rings. The van der Waals surface area contributed by atoms with Crippen LogP contribution in [-0.4, -0.2) is 58.7 Å². The summed E-state index contributed by atoms with van der Waals surface area (Å²) in [4.78, 5) is 24.5. The van der Waals surface area contributed by atoms with E-state index in [1.165, 1.54) is 16.3 Å². The summed E-state index contributed by atoms with van der Waals surface area (Å²) >= 11 is 1.35. The van der Waals surface area contributed by atoms with E-state index in [1.807, 2.05) is 0 Å². The van der Waals surface area contributed by atoms with Crippen LogP contribution in [0.3, 0.4) is 0 Å². The summed E-state index contributed by atoms with van der Waals surface area (Å²) in [6.45, 7) is 0. The smallest absolute Gasteiger partial charge is 0.273 e. The molecule has 9 nitrogen and oxygen atoms in total. The van der Waals surface area contributed by atoms with Crippen LogP contribution in [0.1, 0.15) is 43.0 Å². The van der Waals surface area contributed by atoms with E-state index in [4.69, 9.17) is 0 Å². The number of hydrogen-bond acceptors (Lipinski definition) is 8. The van der Waals surface area contributed by atoms with Crippen molar-refractivity contribution in [3.05, 3.63) is 5.01 Å². The quantitative estimate of drug-likeness (QED) is 0.809. The van der Waals surface area contributed by atoms with Gasteiger partial charge in [0.1, 0.15) is 10.7 Å². The molecule has 1 N–H and O–H groups in total. The van der Waals surface area contributed by atoms with E-state index < -0.39 is 21.8 Å². The monoisotopic (exact) mass is 383 g/mol. The van der Waals surface area contributed by atoms with Crippen molar-refractivity contribution in [1.82, 2.24) is 15.2 Å². The molecule has 134 valence electrons. The van der Waals surface area contributed by atoms with Crippen LogP contribution >= 0.6 is 11.3 Å². The molecule has 2 aliphatic heterocycles. The zero-order valence-electron chi connectivity index (χ0n) is 13.3. The highest BCUT2D eigenvalue weighted by Gasteiger charge is 2.37. The molecule has 2 fully saturated rings. The second kappa shape index (κ2) is 6.13. The van der Waals surface area contributed by atoms with E-state index in [1.54, 1.807) is 0 Å².